The average molecular weight is 547 g/mol. The van der Waals surface area contributed by atoms with Gasteiger partial charge in [0, 0.05) is 36.9 Å². The smallest absolute Gasteiger partial charge is 0.309 e. The zero-order chi connectivity index (χ0) is 27.7. The molecule has 4 bridgehead atoms. The molecule has 0 saturated heterocycles. The first-order chi connectivity index (χ1) is 18.4. The number of ether oxygens (including phenoxy) is 2. The first-order valence-corrected chi connectivity index (χ1v) is 14.0. The van der Waals surface area contributed by atoms with Gasteiger partial charge in [-0.3, -0.25) is 14.4 Å². The van der Waals surface area contributed by atoms with Gasteiger partial charge in [0.15, 0.2) is 11.6 Å². The van der Waals surface area contributed by atoms with E-state index in [9.17, 15) is 23.9 Å². The molecule has 10 heteroatoms. The van der Waals surface area contributed by atoms with Crippen molar-refractivity contribution in [1.29, 1.82) is 0 Å². The molecule has 8 nitrogen and oxygen atoms in total. The van der Waals surface area contributed by atoms with Crippen molar-refractivity contribution in [3.63, 3.8) is 0 Å². The highest BCUT2D eigenvalue weighted by atomic mass is 19.1. The Morgan fingerprint density at radius 2 is 1.72 bits per heavy atom. The molecule has 6 aliphatic carbocycles. The molecule has 3 N–H and O–H groups in total. The molecule has 6 aliphatic rings. The molecule has 4 atom stereocenters. The van der Waals surface area contributed by atoms with Gasteiger partial charge >= 0.3 is 5.97 Å². The van der Waals surface area contributed by atoms with Crippen molar-refractivity contribution in [3.05, 3.63) is 23.5 Å². The number of amides is 2. The van der Waals surface area contributed by atoms with Crippen molar-refractivity contribution in [3.8, 4) is 11.5 Å². The number of benzene rings is 1. The molecule has 0 aromatic heterocycles. The van der Waals surface area contributed by atoms with Gasteiger partial charge in [-0.2, -0.15) is 0 Å². The number of carbonyl (C=O) groups is 3. The van der Waals surface area contributed by atoms with E-state index in [0.29, 0.717) is 44.9 Å². The van der Waals surface area contributed by atoms with Crippen molar-refractivity contribution in [1.82, 2.24) is 10.6 Å². The Morgan fingerprint density at radius 3 is 2.33 bits per heavy atom. The second kappa shape index (κ2) is 9.06. The largest absolute Gasteiger partial charge is 0.493 e. The van der Waals surface area contributed by atoms with Crippen molar-refractivity contribution >= 4 is 17.8 Å². The summed E-state index contributed by atoms with van der Waals surface area (Å²) < 4.78 is 40.3. The average Bonchev–Trinajstić information content (AvgIpc) is 3.45. The van der Waals surface area contributed by atoms with E-state index in [1.54, 1.807) is 6.92 Å². The van der Waals surface area contributed by atoms with Crippen LogP contribution in [0.25, 0.3) is 0 Å². The quantitative estimate of drug-likeness (QED) is 0.452. The van der Waals surface area contributed by atoms with Crippen molar-refractivity contribution in [2.45, 2.75) is 94.5 Å². The standard InChI is InChI=1S/C29H36F2N2O6/c1-27(26(36)37)7-5-17(6-8-27)39-18-10-19(23(38-2)20(30)11-18)24(34)32-22-16-4-3-15(9-16)21(22)25(35)33-29-12-28(31,13-29)14-29/h10-11,15-17,21-22H,3-9,12-14H2,1-2H3,(H,32,34)(H,33,35)(H,36,37)/t15-,16+,17-,21+,22-,27+,28?,29?/m1/s1. The van der Waals surface area contributed by atoms with E-state index in [-0.39, 0.29) is 40.9 Å². The number of carboxylic acid groups (broad SMARTS) is 1. The maximum atomic E-state index is 15.0. The second-order valence-electron chi connectivity index (χ2n) is 13.0. The Balaban J connectivity index is 1.16. The van der Waals surface area contributed by atoms with E-state index in [0.717, 1.165) is 19.3 Å². The molecular formula is C29H36F2N2O6. The van der Waals surface area contributed by atoms with Gasteiger partial charge in [-0.25, -0.2) is 8.78 Å². The molecule has 212 valence electrons. The Bertz CT molecular complexity index is 1190. The number of hydrogen-bond donors (Lipinski definition) is 3. The zero-order valence-corrected chi connectivity index (χ0v) is 22.4. The summed E-state index contributed by atoms with van der Waals surface area (Å²) in [5, 5.41) is 15.6. The lowest BCUT2D eigenvalue weighted by Gasteiger charge is -2.66. The predicted molar refractivity (Wildman–Crippen MR) is 136 cm³/mol. The molecule has 1 aromatic carbocycles. The van der Waals surface area contributed by atoms with Crippen LogP contribution in [0.1, 0.15) is 81.5 Å². The van der Waals surface area contributed by atoms with Crippen LogP contribution in [0.15, 0.2) is 12.1 Å². The van der Waals surface area contributed by atoms with Gasteiger partial charge in [0.05, 0.1) is 30.1 Å². The third-order valence-electron chi connectivity index (χ3n) is 10.2. The molecule has 0 heterocycles. The number of carboxylic acids is 1. The van der Waals surface area contributed by atoms with E-state index in [1.165, 1.54) is 19.2 Å². The van der Waals surface area contributed by atoms with Gasteiger partial charge in [-0.05, 0) is 69.8 Å². The summed E-state index contributed by atoms with van der Waals surface area (Å²) in [5.41, 5.74) is -2.36. The number of carbonyl (C=O) groups excluding carboxylic acids is 2. The fraction of sp³-hybridized carbons (Fsp3) is 0.690. The molecule has 2 amide bonds. The third-order valence-corrected chi connectivity index (χ3v) is 10.2. The summed E-state index contributed by atoms with van der Waals surface area (Å²) in [6.07, 6.45) is 5.36. The molecule has 39 heavy (non-hydrogen) atoms. The van der Waals surface area contributed by atoms with Crippen LogP contribution < -0.4 is 20.1 Å². The minimum absolute atomic E-state index is 0.0144. The molecule has 6 saturated carbocycles. The van der Waals surface area contributed by atoms with Gasteiger partial charge in [0.1, 0.15) is 11.4 Å². The van der Waals surface area contributed by atoms with E-state index in [4.69, 9.17) is 9.47 Å². The number of fused-ring (bicyclic) bond motifs is 2. The fourth-order valence-corrected chi connectivity index (χ4v) is 8.01. The van der Waals surface area contributed by atoms with Crippen LogP contribution in [0.4, 0.5) is 8.78 Å². The molecule has 6 fully saturated rings. The number of aliphatic carboxylic acids is 1. The lowest BCUT2D eigenvalue weighted by Crippen LogP contribution is -2.77. The number of hydrogen-bond acceptors (Lipinski definition) is 5. The third kappa shape index (κ3) is 4.43. The van der Waals surface area contributed by atoms with E-state index in [2.05, 4.69) is 10.6 Å². The highest BCUT2D eigenvalue weighted by Crippen LogP contribution is 2.63. The Labute approximate surface area is 226 Å². The lowest BCUT2D eigenvalue weighted by atomic mass is 9.47. The maximum absolute atomic E-state index is 15.0. The number of alkyl halides is 1. The maximum Gasteiger partial charge on any atom is 0.309 e. The number of rotatable bonds is 8. The summed E-state index contributed by atoms with van der Waals surface area (Å²) in [5.74, 6) is -2.37. The zero-order valence-electron chi connectivity index (χ0n) is 22.4. The highest BCUT2D eigenvalue weighted by Gasteiger charge is 2.70. The van der Waals surface area contributed by atoms with Gasteiger partial charge in [0.25, 0.3) is 5.91 Å². The van der Waals surface area contributed by atoms with E-state index in [1.807, 2.05) is 0 Å². The molecule has 0 radical (unpaired) electrons. The normalized spacial score (nSPS) is 39.7. The Kier molecular flexibility index (Phi) is 6.11. The Morgan fingerprint density at radius 1 is 1.05 bits per heavy atom. The van der Waals surface area contributed by atoms with Crippen LogP contribution in [0.2, 0.25) is 0 Å². The molecule has 7 rings (SSSR count). The van der Waals surface area contributed by atoms with Crippen LogP contribution in [0, 0.1) is 29.0 Å². The van der Waals surface area contributed by atoms with Gasteiger partial charge in [-0.15, -0.1) is 0 Å². The second-order valence-corrected chi connectivity index (χ2v) is 13.0. The minimum Gasteiger partial charge on any atom is -0.493 e. The predicted octanol–water partition coefficient (Wildman–Crippen LogP) is 4.15. The summed E-state index contributed by atoms with van der Waals surface area (Å²) in [7, 11) is 1.29. The van der Waals surface area contributed by atoms with Crippen molar-refractivity contribution < 1.29 is 37.7 Å². The van der Waals surface area contributed by atoms with Crippen LogP contribution in [-0.4, -0.2) is 53.4 Å². The minimum atomic E-state index is -1.11. The molecule has 0 spiro atoms. The highest BCUT2D eigenvalue weighted by molar-refractivity contribution is 5.98. The first kappa shape index (κ1) is 26.3. The molecule has 1 aromatic rings. The van der Waals surface area contributed by atoms with E-state index >= 15 is 4.39 Å². The first-order valence-electron chi connectivity index (χ1n) is 14.0. The number of methoxy groups -OCH3 is 1. The summed E-state index contributed by atoms with van der Waals surface area (Å²) in [6, 6.07) is 2.23. The molecular weight excluding hydrogens is 510 g/mol. The van der Waals surface area contributed by atoms with Crippen molar-refractivity contribution in [2.75, 3.05) is 7.11 Å². The summed E-state index contributed by atoms with van der Waals surface area (Å²) >= 11 is 0. The topological polar surface area (TPSA) is 114 Å². The van der Waals surface area contributed by atoms with Crippen LogP contribution >= 0.6 is 0 Å². The van der Waals surface area contributed by atoms with Gasteiger partial charge in [0.2, 0.25) is 5.91 Å². The summed E-state index contributed by atoms with van der Waals surface area (Å²) in [4.78, 5) is 38.4. The van der Waals surface area contributed by atoms with Gasteiger partial charge in [-0.1, -0.05) is 0 Å². The molecule has 0 unspecified atom stereocenters. The van der Waals surface area contributed by atoms with Crippen molar-refractivity contribution in [2.24, 2.45) is 23.2 Å². The van der Waals surface area contributed by atoms with Crippen LogP contribution in [0.3, 0.4) is 0 Å². The fourth-order valence-electron chi connectivity index (χ4n) is 8.01. The lowest BCUT2D eigenvalue weighted by molar-refractivity contribution is -0.177. The summed E-state index contributed by atoms with van der Waals surface area (Å²) in [6.45, 7) is 1.72. The van der Waals surface area contributed by atoms with Crippen LogP contribution in [0.5, 0.6) is 11.5 Å². The van der Waals surface area contributed by atoms with Crippen LogP contribution in [-0.2, 0) is 9.59 Å². The van der Waals surface area contributed by atoms with E-state index < -0.39 is 46.3 Å². The SMILES string of the molecule is COc1c(F)cc(O[C@H]2CC[C@@](C)(C(=O)O)CC2)cc1C(=O)N[C@@H]1[C@H]2CC[C@H](C2)[C@@H]1C(=O)NC12CC(F)(C1)C2. The number of nitrogens with one attached hydrogen (secondary N) is 2. The van der Waals surface area contributed by atoms with Gasteiger partial charge < -0.3 is 25.2 Å². The number of halogens is 2. The molecule has 0 aliphatic heterocycles. The Hall–Kier alpha value is -2.91. The monoisotopic (exact) mass is 546 g/mol.